The molecule has 1 heteroatoms. The van der Waals surface area contributed by atoms with Gasteiger partial charge in [-0.25, -0.2) is 0 Å². The Morgan fingerprint density at radius 1 is 1.55 bits per heavy atom. The number of hydrogen-bond donors (Lipinski definition) is 1. The zero-order valence-corrected chi connectivity index (χ0v) is 7.56. The normalized spacial score (nSPS) is 38.6. The molecule has 0 bridgehead atoms. The van der Waals surface area contributed by atoms with Crippen LogP contribution in [-0.4, -0.2) is 10.7 Å². The van der Waals surface area contributed by atoms with Gasteiger partial charge in [-0.2, -0.15) is 0 Å². The van der Waals surface area contributed by atoms with Gasteiger partial charge in [0.05, 0.1) is 5.60 Å². The summed E-state index contributed by atoms with van der Waals surface area (Å²) in [7, 11) is 0. The standard InChI is InChI=1S/C10H18O/c1-8(2)9-6-4-5-7-10(9,3)11/h9,11H,1,4-7H2,2-3H3. The molecule has 1 N–H and O–H groups in total. The van der Waals surface area contributed by atoms with E-state index >= 15 is 0 Å². The summed E-state index contributed by atoms with van der Waals surface area (Å²) in [5, 5.41) is 9.94. The quantitative estimate of drug-likeness (QED) is 0.575. The lowest BCUT2D eigenvalue weighted by molar-refractivity contribution is -0.0164. The summed E-state index contributed by atoms with van der Waals surface area (Å²) in [5.41, 5.74) is 0.652. The monoisotopic (exact) mass is 154 g/mol. The van der Waals surface area contributed by atoms with E-state index in [1.54, 1.807) is 0 Å². The molecule has 64 valence electrons. The largest absolute Gasteiger partial charge is 0.390 e. The molecule has 0 saturated heterocycles. The smallest absolute Gasteiger partial charge is 0.0684 e. The highest BCUT2D eigenvalue weighted by molar-refractivity contribution is 5.05. The van der Waals surface area contributed by atoms with Crippen molar-refractivity contribution >= 4 is 0 Å². The van der Waals surface area contributed by atoms with Gasteiger partial charge < -0.3 is 5.11 Å². The molecule has 0 amide bonds. The van der Waals surface area contributed by atoms with E-state index in [0.29, 0.717) is 5.92 Å². The van der Waals surface area contributed by atoms with Crippen LogP contribution in [0.3, 0.4) is 0 Å². The molecule has 1 nitrogen and oxygen atoms in total. The first-order valence-corrected chi connectivity index (χ1v) is 4.42. The molecule has 0 aromatic carbocycles. The summed E-state index contributed by atoms with van der Waals surface area (Å²) in [4.78, 5) is 0. The van der Waals surface area contributed by atoms with E-state index < -0.39 is 5.60 Å². The predicted octanol–water partition coefficient (Wildman–Crippen LogP) is 2.50. The van der Waals surface area contributed by atoms with E-state index in [9.17, 15) is 5.11 Å². The Bertz CT molecular complexity index is 158. The second-order valence-corrected chi connectivity index (χ2v) is 4.00. The molecule has 1 aliphatic carbocycles. The van der Waals surface area contributed by atoms with Crippen LogP contribution in [0, 0.1) is 5.92 Å². The minimum absolute atomic E-state index is 0.330. The fourth-order valence-corrected chi connectivity index (χ4v) is 2.09. The molecule has 0 radical (unpaired) electrons. The fourth-order valence-electron chi connectivity index (χ4n) is 2.09. The first-order valence-electron chi connectivity index (χ1n) is 4.42. The van der Waals surface area contributed by atoms with E-state index in [4.69, 9.17) is 0 Å². The third kappa shape index (κ3) is 1.84. The SMILES string of the molecule is C=C(C)C1CCCCC1(C)O. The molecular weight excluding hydrogens is 136 g/mol. The van der Waals surface area contributed by atoms with Gasteiger partial charge in [0, 0.05) is 5.92 Å². The Morgan fingerprint density at radius 2 is 2.18 bits per heavy atom. The van der Waals surface area contributed by atoms with Crippen molar-refractivity contribution in [2.24, 2.45) is 5.92 Å². The lowest BCUT2D eigenvalue weighted by Crippen LogP contribution is -2.37. The van der Waals surface area contributed by atoms with Crippen LogP contribution in [0.15, 0.2) is 12.2 Å². The van der Waals surface area contributed by atoms with Gasteiger partial charge in [0.2, 0.25) is 0 Å². The molecule has 0 aliphatic heterocycles. The maximum absolute atomic E-state index is 9.94. The van der Waals surface area contributed by atoms with Gasteiger partial charge in [0.1, 0.15) is 0 Å². The first-order chi connectivity index (χ1) is 5.04. The Kier molecular flexibility index (Phi) is 2.38. The van der Waals surface area contributed by atoms with Crippen LogP contribution < -0.4 is 0 Å². The fraction of sp³-hybridized carbons (Fsp3) is 0.800. The van der Waals surface area contributed by atoms with Gasteiger partial charge in [-0.15, -0.1) is 0 Å². The molecular formula is C10H18O. The van der Waals surface area contributed by atoms with E-state index in [1.807, 2.05) is 13.8 Å². The molecule has 1 rings (SSSR count). The van der Waals surface area contributed by atoms with Crippen LogP contribution in [0.4, 0.5) is 0 Å². The lowest BCUT2D eigenvalue weighted by atomic mass is 9.73. The van der Waals surface area contributed by atoms with Crippen molar-refractivity contribution in [3.05, 3.63) is 12.2 Å². The maximum Gasteiger partial charge on any atom is 0.0684 e. The minimum atomic E-state index is -0.482. The minimum Gasteiger partial charge on any atom is -0.390 e. The highest BCUT2D eigenvalue weighted by Crippen LogP contribution is 2.36. The van der Waals surface area contributed by atoms with Gasteiger partial charge in [-0.3, -0.25) is 0 Å². The molecule has 0 spiro atoms. The molecule has 1 aliphatic rings. The second-order valence-electron chi connectivity index (χ2n) is 4.00. The molecule has 0 aromatic heterocycles. The molecule has 1 saturated carbocycles. The average Bonchev–Trinajstić information content (AvgIpc) is 1.85. The maximum atomic E-state index is 9.94. The van der Waals surface area contributed by atoms with Crippen LogP contribution >= 0.6 is 0 Å². The van der Waals surface area contributed by atoms with E-state index in [-0.39, 0.29) is 0 Å². The van der Waals surface area contributed by atoms with E-state index in [2.05, 4.69) is 6.58 Å². The van der Waals surface area contributed by atoms with Crippen LogP contribution in [0.1, 0.15) is 39.5 Å². The predicted molar refractivity (Wildman–Crippen MR) is 47.4 cm³/mol. The summed E-state index contributed by atoms with van der Waals surface area (Å²) < 4.78 is 0. The van der Waals surface area contributed by atoms with E-state index in [1.165, 1.54) is 6.42 Å². The molecule has 0 heterocycles. The zero-order chi connectivity index (χ0) is 8.48. The van der Waals surface area contributed by atoms with Gasteiger partial charge in [-0.1, -0.05) is 25.0 Å². The van der Waals surface area contributed by atoms with Crippen molar-refractivity contribution in [3.63, 3.8) is 0 Å². The second kappa shape index (κ2) is 2.98. The number of rotatable bonds is 1. The van der Waals surface area contributed by atoms with Gasteiger partial charge in [0.15, 0.2) is 0 Å². The van der Waals surface area contributed by atoms with Crippen molar-refractivity contribution in [3.8, 4) is 0 Å². The van der Waals surface area contributed by atoms with Crippen LogP contribution in [-0.2, 0) is 0 Å². The van der Waals surface area contributed by atoms with Gasteiger partial charge >= 0.3 is 0 Å². The Hall–Kier alpha value is -0.300. The topological polar surface area (TPSA) is 20.2 Å². The van der Waals surface area contributed by atoms with Crippen LogP contribution in [0.2, 0.25) is 0 Å². The van der Waals surface area contributed by atoms with E-state index in [0.717, 1.165) is 24.8 Å². The van der Waals surface area contributed by atoms with Gasteiger partial charge in [-0.05, 0) is 26.7 Å². The average molecular weight is 154 g/mol. The Balaban J connectivity index is 2.67. The summed E-state index contributed by atoms with van der Waals surface area (Å²) >= 11 is 0. The number of hydrogen-bond acceptors (Lipinski definition) is 1. The summed E-state index contributed by atoms with van der Waals surface area (Å²) in [6, 6.07) is 0. The van der Waals surface area contributed by atoms with Crippen molar-refractivity contribution in [2.75, 3.05) is 0 Å². The summed E-state index contributed by atoms with van der Waals surface area (Å²) in [6.45, 7) is 7.87. The molecule has 1 fully saturated rings. The Labute approximate surface area is 69.1 Å². The van der Waals surface area contributed by atoms with Crippen LogP contribution in [0.5, 0.6) is 0 Å². The van der Waals surface area contributed by atoms with Gasteiger partial charge in [0.25, 0.3) is 0 Å². The highest BCUT2D eigenvalue weighted by Gasteiger charge is 2.34. The highest BCUT2D eigenvalue weighted by atomic mass is 16.3. The number of aliphatic hydroxyl groups is 1. The van der Waals surface area contributed by atoms with Crippen molar-refractivity contribution in [1.82, 2.24) is 0 Å². The van der Waals surface area contributed by atoms with Crippen molar-refractivity contribution in [1.29, 1.82) is 0 Å². The molecule has 11 heavy (non-hydrogen) atoms. The third-order valence-corrected chi connectivity index (χ3v) is 2.77. The molecule has 0 aromatic rings. The first kappa shape index (κ1) is 8.79. The van der Waals surface area contributed by atoms with Crippen molar-refractivity contribution < 1.29 is 5.11 Å². The Morgan fingerprint density at radius 3 is 2.55 bits per heavy atom. The summed E-state index contributed by atoms with van der Waals surface area (Å²) in [6.07, 6.45) is 4.46. The summed E-state index contributed by atoms with van der Waals surface area (Å²) in [5.74, 6) is 0.330. The third-order valence-electron chi connectivity index (χ3n) is 2.77. The molecule has 2 atom stereocenters. The lowest BCUT2D eigenvalue weighted by Gasteiger charge is -2.37. The molecule has 2 unspecified atom stereocenters. The van der Waals surface area contributed by atoms with Crippen LogP contribution in [0.25, 0.3) is 0 Å². The zero-order valence-electron chi connectivity index (χ0n) is 7.56. The van der Waals surface area contributed by atoms with Crippen molar-refractivity contribution in [2.45, 2.75) is 45.1 Å².